The van der Waals surface area contributed by atoms with Gasteiger partial charge in [-0.25, -0.2) is 12.8 Å². The van der Waals surface area contributed by atoms with Gasteiger partial charge in [-0.3, -0.25) is 4.79 Å². The third kappa shape index (κ3) is 3.70. The molecule has 1 amide bonds. The van der Waals surface area contributed by atoms with E-state index in [1.165, 1.54) is 0 Å². The van der Waals surface area contributed by atoms with E-state index < -0.39 is 25.7 Å². The lowest BCUT2D eigenvalue weighted by molar-refractivity contribution is 0.0948. The van der Waals surface area contributed by atoms with Crippen molar-refractivity contribution in [3.05, 3.63) is 29.6 Å². The first kappa shape index (κ1) is 15.3. The first-order valence-corrected chi connectivity index (χ1v) is 8.68. The van der Waals surface area contributed by atoms with Crippen molar-refractivity contribution in [1.82, 2.24) is 5.32 Å². The fourth-order valence-corrected chi connectivity index (χ4v) is 2.99. The fraction of sp³-hybridized carbons (Fsp3) is 0.462. The summed E-state index contributed by atoms with van der Waals surface area (Å²) in [6.45, 7) is 2.07. The smallest absolute Gasteiger partial charge is 0.261 e. The van der Waals surface area contributed by atoms with Crippen LogP contribution in [0.25, 0.3) is 0 Å². The number of carbonyl (C=O) groups is 1. The van der Waals surface area contributed by atoms with E-state index in [0.717, 1.165) is 37.5 Å². The van der Waals surface area contributed by atoms with Crippen LogP contribution in [0.5, 0.6) is 0 Å². The molecule has 2 rings (SSSR count). The van der Waals surface area contributed by atoms with Gasteiger partial charge in [0.05, 0.1) is 4.90 Å². The van der Waals surface area contributed by atoms with Crippen molar-refractivity contribution in [2.24, 2.45) is 5.92 Å². The van der Waals surface area contributed by atoms with Gasteiger partial charge in [-0.05, 0) is 37.0 Å². The summed E-state index contributed by atoms with van der Waals surface area (Å²) in [7, 11) is 1.10. The molecule has 0 saturated heterocycles. The van der Waals surface area contributed by atoms with Gasteiger partial charge in [-0.15, -0.1) is 0 Å². The molecule has 0 aromatic heterocycles. The summed E-state index contributed by atoms with van der Waals surface area (Å²) in [5, 5.41) is 2.77. The summed E-state index contributed by atoms with van der Waals surface area (Å²) >= 11 is 0. The highest BCUT2D eigenvalue weighted by atomic mass is 35.7. The van der Waals surface area contributed by atoms with E-state index in [1.807, 2.05) is 0 Å². The number of nitrogens with one attached hydrogen (secondary N) is 1. The average Bonchev–Trinajstić information content (AvgIpc) is 3.05. The van der Waals surface area contributed by atoms with E-state index in [-0.39, 0.29) is 11.6 Å². The summed E-state index contributed by atoms with van der Waals surface area (Å²) in [5.74, 6) is -0.818. The number of benzene rings is 1. The Morgan fingerprint density at radius 3 is 2.75 bits per heavy atom. The van der Waals surface area contributed by atoms with Crippen LogP contribution >= 0.6 is 10.7 Å². The second-order valence-corrected chi connectivity index (χ2v) is 7.54. The van der Waals surface area contributed by atoms with Crippen molar-refractivity contribution in [2.45, 2.75) is 37.1 Å². The van der Waals surface area contributed by atoms with Gasteiger partial charge in [-0.2, -0.15) is 0 Å². The van der Waals surface area contributed by atoms with Crippen molar-refractivity contribution in [1.29, 1.82) is 0 Å². The molecule has 1 N–H and O–H groups in total. The molecular formula is C13H15ClFNO3S. The molecule has 2 atom stereocenters. The van der Waals surface area contributed by atoms with Gasteiger partial charge in [-0.1, -0.05) is 13.3 Å². The van der Waals surface area contributed by atoms with Gasteiger partial charge >= 0.3 is 0 Å². The van der Waals surface area contributed by atoms with Crippen molar-refractivity contribution >= 4 is 25.6 Å². The molecule has 20 heavy (non-hydrogen) atoms. The quantitative estimate of drug-likeness (QED) is 0.849. The van der Waals surface area contributed by atoms with E-state index in [0.29, 0.717) is 5.92 Å². The standard InChI is InChI=1S/C13H15ClFNO3S/c1-2-3-8-6-12(8)16-13(17)9-4-10(15)7-11(5-9)20(14,18)19/h4-5,7-8,12H,2-3,6H2,1H3,(H,16,17). The van der Waals surface area contributed by atoms with E-state index in [9.17, 15) is 17.6 Å². The number of hydrogen-bond acceptors (Lipinski definition) is 3. The van der Waals surface area contributed by atoms with Crippen molar-refractivity contribution < 1.29 is 17.6 Å². The molecule has 1 fully saturated rings. The number of hydrogen-bond donors (Lipinski definition) is 1. The topological polar surface area (TPSA) is 63.2 Å². The summed E-state index contributed by atoms with van der Waals surface area (Å²) in [5.41, 5.74) is -0.0358. The van der Waals surface area contributed by atoms with Crippen LogP contribution in [0.4, 0.5) is 4.39 Å². The Morgan fingerprint density at radius 1 is 1.45 bits per heavy atom. The fourth-order valence-electron chi connectivity index (χ4n) is 2.20. The Bertz CT molecular complexity index is 633. The molecule has 0 aliphatic heterocycles. The van der Waals surface area contributed by atoms with Crippen LogP contribution in [0.3, 0.4) is 0 Å². The van der Waals surface area contributed by atoms with E-state index in [1.54, 1.807) is 0 Å². The lowest BCUT2D eigenvalue weighted by atomic mass is 10.2. The zero-order valence-corrected chi connectivity index (χ0v) is 12.5. The molecule has 2 unspecified atom stereocenters. The highest BCUT2D eigenvalue weighted by Gasteiger charge is 2.37. The highest BCUT2D eigenvalue weighted by Crippen LogP contribution is 2.34. The maximum absolute atomic E-state index is 13.4. The lowest BCUT2D eigenvalue weighted by Crippen LogP contribution is -2.27. The minimum Gasteiger partial charge on any atom is -0.349 e. The van der Waals surface area contributed by atoms with Crippen LogP contribution in [-0.4, -0.2) is 20.4 Å². The Morgan fingerprint density at radius 2 is 2.15 bits per heavy atom. The Labute approximate surface area is 121 Å². The molecule has 0 spiro atoms. The third-order valence-electron chi connectivity index (χ3n) is 3.31. The third-order valence-corrected chi connectivity index (χ3v) is 4.65. The summed E-state index contributed by atoms with van der Waals surface area (Å²) < 4.78 is 35.8. The Hall–Kier alpha value is -1.14. The zero-order valence-electron chi connectivity index (χ0n) is 10.9. The maximum Gasteiger partial charge on any atom is 0.261 e. The Kier molecular flexibility index (Phi) is 4.34. The summed E-state index contributed by atoms with van der Waals surface area (Å²) in [4.78, 5) is 11.5. The second-order valence-electron chi connectivity index (χ2n) is 4.98. The molecule has 7 heteroatoms. The van der Waals surface area contributed by atoms with Gasteiger partial charge in [0.2, 0.25) is 0 Å². The van der Waals surface area contributed by atoms with Gasteiger partial charge in [0.15, 0.2) is 0 Å². The van der Waals surface area contributed by atoms with Crippen LogP contribution in [0.15, 0.2) is 23.1 Å². The lowest BCUT2D eigenvalue weighted by Gasteiger charge is -2.06. The van der Waals surface area contributed by atoms with Crippen molar-refractivity contribution in [2.75, 3.05) is 0 Å². The molecular weight excluding hydrogens is 305 g/mol. The largest absolute Gasteiger partial charge is 0.349 e. The zero-order chi connectivity index (χ0) is 14.9. The number of amides is 1. The first-order chi connectivity index (χ1) is 9.31. The molecule has 1 aliphatic rings. The summed E-state index contributed by atoms with van der Waals surface area (Å²) in [6.07, 6.45) is 3.00. The first-order valence-electron chi connectivity index (χ1n) is 6.37. The van der Waals surface area contributed by atoms with Crippen LogP contribution in [0.1, 0.15) is 36.5 Å². The Balaban J connectivity index is 2.13. The van der Waals surface area contributed by atoms with Gasteiger partial charge < -0.3 is 5.32 Å². The molecule has 110 valence electrons. The monoisotopic (exact) mass is 319 g/mol. The van der Waals surface area contributed by atoms with Crippen LogP contribution < -0.4 is 5.32 Å². The van der Waals surface area contributed by atoms with Crippen LogP contribution in [-0.2, 0) is 9.05 Å². The summed E-state index contributed by atoms with van der Waals surface area (Å²) in [6, 6.07) is 2.97. The van der Waals surface area contributed by atoms with Crippen molar-refractivity contribution in [3.8, 4) is 0 Å². The normalized spacial score (nSPS) is 21.6. The highest BCUT2D eigenvalue weighted by molar-refractivity contribution is 8.13. The van der Waals surface area contributed by atoms with Crippen molar-refractivity contribution in [3.63, 3.8) is 0 Å². The molecule has 1 aromatic carbocycles. The SMILES string of the molecule is CCCC1CC1NC(=O)c1cc(F)cc(S(=O)(=O)Cl)c1. The average molecular weight is 320 g/mol. The minimum absolute atomic E-state index is 0.0358. The number of carbonyl (C=O) groups excluding carboxylic acids is 1. The van der Waals surface area contributed by atoms with Crippen LogP contribution in [0.2, 0.25) is 0 Å². The molecule has 0 heterocycles. The van der Waals surface area contributed by atoms with Crippen LogP contribution in [0, 0.1) is 11.7 Å². The number of rotatable bonds is 5. The minimum atomic E-state index is -4.06. The maximum atomic E-state index is 13.4. The molecule has 1 aliphatic carbocycles. The van der Waals surface area contributed by atoms with E-state index >= 15 is 0 Å². The van der Waals surface area contributed by atoms with Gasteiger partial charge in [0, 0.05) is 22.3 Å². The second kappa shape index (κ2) is 5.69. The molecule has 0 bridgehead atoms. The predicted molar refractivity (Wildman–Crippen MR) is 73.7 cm³/mol. The molecule has 1 aromatic rings. The predicted octanol–water partition coefficient (Wildman–Crippen LogP) is 2.67. The van der Waals surface area contributed by atoms with E-state index in [2.05, 4.69) is 12.2 Å². The van der Waals surface area contributed by atoms with E-state index in [4.69, 9.17) is 10.7 Å². The van der Waals surface area contributed by atoms with Gasteiger partial charge in [0.1, 0.15) is 5.82 Å². The number of halogens is 2. The molecule has 4 nitrogen and oxygen atoms in total. The molecule has 1 saturated carbocycles. The molecule has 0 radical (unpaired) electrons. The van der Waals surface area contributed by atoms with Gasteiger partial charge in [0.25, 0.3) is 15.0 Å².